The second-order valence-corrected chi connectivity index (χ2v) is 4.09. The summed E-state index contributed by atoms with van der Waals surface area (Å²) < 4.78 is 4.77. The molecule has 5 heteroatoms. The van der Waals surface area contributed by atoms with E-state index >= 15 is 0 Å². The van der Waals surface area contributed by atoms with Crippen LogP contribution in [0.25, 0.3) is 0 Å². The highest BCUT2D eigenvalue weighted by molar-refractivity contribution is 5.96. The van der Waals surface area contributed by atoms with Crippen LogP contribution in [0.4, 0.5) is 5.69 Å². The van der Waals surface area contributed by atoms with Gasteiger partial charge in [-0.05, 0) is 37.6 Å². The lowest BCUT2D eigenvalue weighted by Gasteiger charge is -2.06. The van der Waals surface area contributed by atoms with E-state index in [4.69, 9.17) is 4.74 Å². The molecule has 0 spiro atoms. The van der Waals surface area contributed by atoms with Crippen molar-refractivity contribution >= 4 is 23.3 Å². The molecule has 19 heavy (non-hydrogen) atoms. The van der Waals surface area contributed by atoms with Gasteiger partial charge in [0.15, 0.2) is 12.4 Å². The average Bonchev–Trinajstić information content (AvgIpc) is 2.37. The molecule has 0 aliphatic carbocycles. The van der Waals surface area contributed by atoms with Crippen molar-refractivity contribution in [3.63, 3.8) is 0 Å². The van der Waals surface area contributed by atoms with Crippen molar-refractivity contribution in [3.05, 3.63) is 29.8 Å². The molecule has 1 N–H and O–H groups in total. The van der Waals surface area contributed by atoms with Gasteiger partial charge in [-0.15, -0.1) is 0 Å². The first-order valence-electron chi connectivity index (χ1n) is 6.09. The highest BCUT2D eigenvalue weighted by Crippen LogP contribution is 2.09. The first-order valence-corrected chi connectivity index (χ1v) is 6.09. The van der Waals surface area contributed by atoms with Crippen LogP contribution < -0.4 is 5.32 Å². The van der Waals surface area contributed by atoms with Crippen molar-refractivity contribution in [1.82, 2.24) is 0 Å². The van der Waals surface area contributed by atoms with E-state index < -0.39 is 5.91 Å². The molecule has 0 saturated carbocycles. The number of anilines is 1. The highest BCUT2D eigenvalue weighted by atomic mass is 16.5. The Bertz CT molecular complexity index is 465. The van der Waals surface area contributed by atoms with Crippen LogP contribution in [0, 0.1) is 0 Å². The van der Waals surface area contributed by atoms with Gasteiger partial charge < -0.3 is 10.1 Å². The SMILES string of the molecule is CCCC(=O)OCC(=O)Nc1ccc(C(C)=O)cc1. The molecule has 5 nitrogen and oxygen atoms in total. The minimum absolute atomic E-state index is 0.0358. The van der Waals surface area contributed by atoms with Crippen LogP contribution in [0.3, 0.4) is 0 Å². The third-order valence-corrected chi connectivity index (χ3v) is 2.39. The van der Waals surface area contributed by atoms with Crippen molar-refractivity contribution in [2.75, 3.05) is 11.9 Å². The fourth-order valence-electron chi connectivity index (χ4n) is 1.41. The normalized spacial score (nSPS) is 9.79. The van der Waals surface area contributed by atoms with Crippen LogP contribution in [0.2, 0.25) is 0 Å². The summed E-state index contributed by atoms with van der Waals surface area (Å²) in [6.07, 6.45) is 0.994. The van der Waals surface area contributed by atoms with Crippen LogP contribution in [0.15, 0.2) is 24.3 Å². The lowest BCUT2D eigenvalue weighted by Crippen LogP contribution is -2.20. The van der Waals surface area contributed by atoms with E-state index in [2.05, 4.69) is 5.32 Å². The van der Waals surface area contributed by atoms with E-state index in [1.54, 1.807) is 24.3 Å². The number of Topliss-reactive ketones (excluding diaryl/α,β-unsaturated/α-hetero) is 1. The summed E-state index contributed by atoms with van der Waals surface area (Å²) in [5.41, 5.74) is 1.13. The molecule has 0 aliphatic rings. The van der Waals surface area contributed by atoms with Gasteiger partial charge in [-0.2, -0.15) is 0 Å². The predicted octanol–water partition coefficient (Wildman–Crippen LogP) is 2.17. The highest BCUT2D eigenvalue weighted by Gasteiger charge is 2.07. The minimum Gasteiger partial charge on any atom is -0.456 e. The lowest BCUT2D eigenvalue weighted by molar-refractivity contribution is -0.147. The first-order chi connectivity index (χ1) is 9.02. The molecule has 0 aliphatic heterocycles. The molecular formula is C14H17NO4. The van der Waals surface area contributed by atoms with Crippen molar-refractivity contribution < 1.29 is 19.1 Å². The van der Waals surface area contributed by atoms with E-state index in [0.29, 0.717) is 24.1 Å². The van der Waals surface area contributed by atoms with E-state index in [-0.39, 0.29) is 18.4 Å². The fraction of sp³-hybridized carbons (Fsp3) is 0.357. The van der Waals surface area contributed by atoms with Crippen LogP contribution in [-0.2, 0) is 14.3 Å². The van der Waals surface area contributed by atoms with Gasteiger partial charge in [-0.1, -0.05) is 6.92 Å². The zero-order chi connectivity index (χ0) is 14.3. The smallest absolute Gasteiger partial charge is 0.306 e. The summed E-state index contributed by atoms with van der Waals surface area (Å²) in [6.45, 7) is 3.03. The number of ether oxygens (including phenoxy) is 1. The lowest BCUT2D eigenvalue weighted by atomic mass is 10.1. The number of amides is 1. The van der Waals surface area contributed by atoms with Crippen LogP contribution in [-0.4, -0.2) is 24.3 Å². The van der Waals surface area contributed by atoms with Gasteiger partial charge in [-0.25, -0.2) is 0 Å². The van der Waals surface area contributed by atoms with Crippen LogP contribution >= 0.6 is 0 Å². The topological polar surface area (TPSA) is 72.5 Å². The van der Waals surface area contributed by atoms with E-state index in [1.807, 2.05) is 6.92 Å². The molecule has 0 aromatic heterocycles. The number of ketones is 1. The predicted molar refractivity (Wildman–Crippen MR) is 70.9 cm³/mol. The number of rotatable bonds is 6. The molecule has 1 rings (SSSR count). The molecule has 0 heterocycles. The van der Waals surface area contributed by atoms with E-state index in [1.165, 1.54) is 6.92 Å². The third kappa shape index (κ3) is 5.33. The number of esters is 1. The molecule has 0 saturated heterocycles. The molecule has 102 valence electrons. The number of carbonyl (C=O) groups excluding carboxylic acids is 3. The maximum Gasteiger partial charge on any atom is 0.306 e. The number of hydrogen-bond acceptors (Lipinski definition) is 4. The Kier molecular flexibility index (Phi) is 5.73. The number of benzene rings is 1. The zero-order valence-electron chi connectivity index (χ0n) is 11.1. The summed E-state index contributed by atoms with van der Waals surface area (Å²) in [7, 11) is 0. The standard InChI is InChI=1S/C14H17NO4/c1-3-4-14(18)19-9-13(17)15-12-7-5-11(6-8-12)10(2)16/h5-8H,3-4,9H2,1-2H3,(H,15,17). The van der Waals surface area contributed by atoms with Gasteiger partial charge in [0.2, 0.25) is 0 Å². The van der Waals surface area contributed by atoms with Gasteiger partial charge in [0.05, 0.1) is 0 Å². The largest absolute Gasteiger partial charge is 0.456 e. The average molecular weight is 263 g/mol. The van der Waals surface area contributed by atoms with Crippen molar-refractivity contribution in [3.8, 4) is 0 Å². The van der Waals surface area contributed by atoms with Gasteiger partial charge in [0, 0.05) is 17.7 Å². The quantitative estimate of drug-likeness (QED) is 0.630. The Morgan fingerprint density at radius 1 is 1.16 bits per heavy atom. The summed E-state index contributed by atoms with van der Waals surface area (Å²) in [6, 6.07) is 6.51. The Morgan fingerprint density at radius 2 is 1.79 bits per heavy atom. The van der Waals surface area contributed by atoms with Crippen LogP contribution in [0.1, 0.15) is 37.0 Å². The second-order valence-electron chi connectivity index (χ2n) is 4.09. The Balaban J connectivity index is 2.44. The Labute approximate surface area is 111 Å². The molecule has 1 amide bonds. The maximum absolute atomic E-state index is 11.5. The maximum atomic E-state index is 11.5. The molecule has 0 atom stereocenters. The minimum atomic E-state index is -0.403. The number of hydrogen-bond donors (Lipinski definition) is 1. The molecule has 0 radical (unpaired) electrons. The summed E-state index contributed by atoms with van der Waals surface area (Å²) in [4.78, 5) is 33.6. The molecule has 0 bridgehead atoms. The van der Waals surface area contributed by atoms with Gasteiger partial charge >= 0.3 is 5.97 Å². The van der Waals surface area contributed by atoms with Crippen molar-refractivity contribution in [2.45, 2.75) is 26.7 Å². The third-order valence-electron chi connectivity index (χ3n) is 2.39. The second kappa shape index (κ2) is 7.31. The molecular weight excluding hydrogens is 246 g/mol. The fourth-order valence-corrected chi connectivity index (χ4v) is 1.41. The van der Waals surface area contributed by atoms with Crippen LogP contribution in [0.5, 0.6) is 0 Å². The molecule has 0 unspecified atom stereocenters. The Morgan fingerprint density at radius 3 is 2.32 bits per heavy atom. The summed E-state index contributed by atoms with van der Waals surface area (Å²) in [5, 5.41) is 2.58. The Hall–Kier alpha value is -2.17. The molecule has 0 fully saturated rings. The van der Waals surface area contributed by atoms with Gasteiger partial charge in [-0.3, -0.25) is 14.4 Å². The van der Waals surface area contributed by atoms with E-state index in [9.17, 15) is 14.4 Å². The summed E-state index contributed by atoms with van der Waals surface area (Å²) in [5.74, 6) is -0.823. The first kappa shape index (κ1) is 14.9. The zero-order valence-corrected chi connectivity index (χ0v) is 11.1. The monoisotopic (exact) mass is 263 g/mol. The number of carbonyl (C=O) groups is 3. The molecule has 1 aromatic rings. The van der Waals surface area contributed by atoms with E-state index in [0.717, 1.165) is 0 Å². The van der Waals surface area contributed by atoms with Crippen molar-refractivity contribution in [1.29, 1.82) is 0 Å². The number of nitrogens with one attached hydrogen (secondary N) is 1. The summed E-state index contributed by atoms with van der Waals surface area (Å²) >= 11 is 0. The molecule has 1 aromatic carbocycles. The van der Waals surface area contributed by atoms with Gasteiger partial charge in [0.1, 0.15) is 0 Å². The van der Waals surface area contributed by atoms with Crippen molar-refractivity contribution in [2.24, 2.45) is 0 Å². The van der Waals surface area contributed by atoms with Gasteiger partial charge in [0.25, 0.3) is 5.91 Å².